The number of allylic oxidation sites excluding steroid dienone is 1. The Morgan fingerprint density at radius 3 is 1.65 bits per heavy atom. The van der Waals surface area contributed by atoms with E-state index in [1.807, 2.05) is 6.08 Å². The first kappa shape index (κ1) is 22.6. The Labute approximate surface area is 144 Å². The summed E-state index contributed by atoms with van der Waals surface area (Å²) in [6.07, 6.45) is 21.7. The number of aliphatic hydroxyl groups is 2. The number of hydrogen-bond acceptors (Lipinski definition) is 3. The van der Waals surface area contributed by atoms with Crippen molar-refractivity contribution >= 4 is 0 Å². The molecule has 4 N–H and O–H groups in total. The fourth-order valence-electron chi connectivity index (χ4n) is 2.77. The first-order valence-electron chi connectivity index (χ1n) is 9.93. The number of nitrogens with two attached hydrogens (primary N) is 1. The summed E-state index contributed by atoms with van der Waals surface area (Å²) in [5.41, 5.74) is 5.53. The molecule has 23 heavy (non-hydrogen) atoms. The van der Waals surface area contributed by atoms with E-state index in [0.29, 0.717) is 0 Å². The zero-order valence-corrected chi connectivity index (χ0v) is 15.4. The Balaban J connectivity index is 3.17. The smallest absolute Gasteiger partial charge is 0.0894 e. The van der Waals surface area contributed by atoms with Crippen LogP contribution in [0.25, 0.3) is 0 Å². The summed E-state index contributed by atoms with van der Waals surface area (Å²) in [4.78, 5) is 0. The highest BCUT2D eigenvalue weighted by atomic mass is 16.3. The van der Waals surface area contributed by atoms with Crippen LogP contribution in [-0.4, -0.2) is 29.0 Å². The topological polar surface area (TPSA) is 66.5 Å². The van der Waals surface area contributed by atoms with Crippen LogP contribution in [0.1, 0.15) is 96.8 Å². The van der Waals surface area contributed by atoms with E-state index in [-0.39, 0.29) is 6.61 Å². The van der Waals surface area contributed by atoms with E-state index in [1.54, 1.807) is 6.08 Å². The molecule has 0 aromatic carbocycles. The lowest BCUT2D eigenvalue weighted by molar-refractivity contribution is 0.144. The van der Waals surface area contributed by atoms with E-state index in [1.165, 1.54) is 83.5 Å². The Bertz CT molecular complexity index is 256. The number of unbranched alkanes of at least 4 members (excludes halogenated alkanes) is 13. The largest absolute Gasteiger partial charge is 0.395 e. The van der Waals surface area contributed by atoms with Gasteiger partial charge in [0.05, 0.1) is 18.8 Å². The third-order valence-electron chi connectivity index (χ3n) is 4.46. The lowest BCUT2D eigenvalue weighted by Gasteiger charge is -2.11. The standard InChI is InChI=1S/C20H41NO2/c1-2-3-4-5-6-7-8-9-10-11-12-13-14-15-16-17-20(23)19(21)18-22/h16-17,19-20,22-23H,2-15,18,21H2,1H3/t19-,20+/m1/s1. The molecule has 0 radical (unpaired) electrons. The van der Waals surface area contributed by atoms with E-state index in [2.05, 4.69) is 6.92 Å². The van der Waals surface area contributed by atoms with Gasteiger partial charge in [0, 0.05) is 0 Å². The van der Waals surface area contributed by atoms with E-state index >= 15 is 0 Å². The second kappa shape index (κ2) is 18.0. The molecule has 0 unspecified atom stereocenters. The molecule has 0 aliphatic heterocycles. The fraction of sp³-hybridized carbons (Fsp3) is 0.900. The molecule has 0 spiro atoms. The molecule has 0 aromatic heterocycles. The van der Waals surface area contributed by atoms with Crippen LogP contribution in [0.2, 0.25) is 0 Å². The van der Waals surface area contributed by atoms with Crippen molar-refractivity contribution < 1.29 is 10.2 Å². The summed E-state index contributed by atoms with van der Waals surface area (Å²) >= 11 is 0. The zero-order valence-electron chi connectivity index (χ0n) is 15.4. The van der Waals surface area contributed by atoms with E-state index < -0.39 is 12.1 Å². The highest BCUT2D eigenvalue weighted by Gasteiger charge is 2.08. The van der Waals surface area contributed by atoms with Gasteiger partial charge < -0.3 is 15.9 Å². The minimum absolute atomic E-state index is 0.176. The lowest BCUT2D eigenvalue weighted by atomic mass is 10.0. The maximum absolute atomic E-state index is 9.55. The molecule has 0 fully saturated rings. The molecular formula is C20H41NO2. The molecular weight excluding hydrogens is 286 g/mol. The minimum Gasteiger partial charge on any atom is -0.395 e. The predicted octanol–water partition coefficient (Wildman–Crippen LogP) is 4.70. The van der Waals surface area contributed by atoms with Crippen molar-refractivity contribution in [3.05, 3.63) is 12.2 Å². The first-order valence-corrected chi connectivity index (χ1v) is 9.93. The molecule has 0 bridgehead atoms. The molecule has 0 amide bonds. The first-order chi connectivity index (χ1) is 11.2. The maximum atomic E-state index is 9.55. The van der Waals surface area contributed by atoms with E-state index in [0.717, 1.165) is 6.42 Å². The Morgan fingerprint density at radius 2 is 1.22 bits per heavy atom. The SMILES string of the molecule is CCCCCCCCCCCCCCCC=C[C@H](O)[C@H](N)CO. The van der Waals surface area contributed by atoms with Gasteiger partial charge in [-0.1, -0.05) is 96.1 Å². The summed E-state index contributed by atoms with van der Waals surface area (Å²) in [7, 11) is 0. The predicted molar refractivity (Wildman–Crippen MR) is 101 cm³/mol. The van der Waals surface area contributed by atoms with Crippen LogP contribution >= 0.6 is 0 Å². The number of aliphatic hydroxyl groups excluding tert-OH is 2. The van der Waals surface area contributed by atoms with Gasteiger partial charge in [-0.3, -0.25) is 0 Å². The monoisotopic (exact) mass is 327 g/mol. The van der Waals surface area contributed by atoms with Gasteiger partial charge >= 0.3 is 0 Å². The van der Waals surface area contributed by atoms with Crippen molar-refractivity contribution in [1.29, 1.82) is 0 Å². The van der Waals surface area contributed by atoms with Gasteiger partial charge in [-0.2, -0.15) is 0 Å². The van der Waals surface area contributed by atoms with Gasteiger partial charge in [-0.15, -0.1) is 0 Å². The molecule has 0 heterocycles. The number of hydrogen-bond donors (Lipinski definition) is 3. The zero-order chi connectivity index (χ0) is 17.2. The normalized spacial score (nSPS) is 14.4. The second-order valence-electron chi connectivity index (χ2n) is 6.80. The van der Waals surface area contributed by atoms with Crippen molar-refractivity contribution in [3.8, 4) is 0 Å². The molecule has 0 aromatic rings. The molecule has 2 atom stereocenters. The Kier molecular flexibility index (Phi) is 17.7. The molecule has 138 valence electrons. The minimum atomic E-state index is -0.720. The van der Waals surface area contributed by atoms with Crippen molar-refractivity contribution in [3.63, 3.8) is 0 Å². The quantitative estimate of drug-likeness (QED) is 0.268. The van der Waals surface area contributed by atoms with Gasteiger partial charge in [0.1, 0.15) is 0 Å². The summed E-state index contributed by atoms with van der Waals surface area (Å²) < 4.78 is 0. The average molecular weight is 328 g/mol. The Morgan fingerprint density at radius 1 is 0.783 bits per heavy atom. The Hall–Kier alpha value is -0.380. The molecule has 0 rings (SSSR count). The van der Waals surface area contributed by atoms with Crippen molar-refractivity contribution in [2.24, 2.45) is 5.73 Å². The van der Waals surface area contributed by atoms with E-state index in [4.69, 9.17) is 10.8 Å². The molecule has 0 aliphatic carbocycles. The van der Waals surface area contributed by atoms with Crippen molar-refractivity contribution in [2.45, 2.75) is 109 Å². The highest BCUT2D eigenvalue weighted by molar-refractivity contribution is 4.93. The molecule has 0 saturated heterocycles. The fourth-order valence-corrected chi connectivity index (χ4v) is 2.77. The van der Waals surface area contributed by atoms with Gasteiger partial charge in [-0.25, -0.2) is 0 Å². The highest BCUT2D eigenvalue weighted by Crippen LogP contribution is 2.13. The number of rotatable bonds is 17. The van der Waals surface area contributed by atoms with Crippen molar-refractivity contribution in [2.75, 3.05) is 6.61 Å². The van der Waals surface area contributed by atoms with Crippen LogP contribution < -0.4 is 5.73 Å². The molecule has 0 saturated carbocycles. The molecule has 3 nitrogen and oxygen atoms in total. The van der Waals surface area contributed by atoms with Gasteiger partial charge in [-0.05, 0) is 12.8 Å². The molecule has 3 heteroatoms. The third-order valence-corrected chi connectivity index (χ3v) is 4.46. The van der Waals surface area contributed by atoms with E-state index in [9.17, 15) is 5.11 Å². The van der Waals surface area contributed by atoms with Gasteiger partial charge in [0.15, 0.2) is 0 Å². The second-order valence-corrected chi connectivity index (χ2v) is 6.80. The van der Waals surface area contributed by atoms with Crippen LogP contribution in [0.5, 0.6) is 0 Å². The average Bonchev–Trinajstić information content (AvgIpc) is 2.57. The van der Waals surface area contributed by atoms with Crippen LogP contribution in [0.15, 0.2) is 12.2 Å². The van der Waals surface area contributed by atoms with Gasteiger partial charge in [0.25, 0.3) is 0 Å². The van der Waals surface area contributed by atoms with Crippen LogP contribution in [-0.2, 0) is 0 Å². The summed E-state index contributed by atoms with van der Waals surface area (Å²) in [6.45, 7) is 2.09. The summed E-state index contributed by atoms with van der Waals surface area (Å²) in [6, 6.07) is -0.558. The van der Waals surface area contributed by atoms with Crippen LogP contribution in [0.4, 0.5) is 0 Å². The summed E-state index contributed by atoms with van der Waals surface area (Å²) in [5.74, 6) is 0. The van der Waals surface area contributed by atoms with Crippen LogP contribution in [0.3, 0.4) is 0 Å². The third kappa shape index (κ3) is 16.3. The van der Waals surface area contributed by atoms with Crippen molar-refractivity contribution in [1.82, 2.24) is 0 Å². The van der Waals surface area contributed by atoms with Gasteiger partial charge in [0.2, 0.25) is 0 Å². The maximum Gasteiger partial charge on any atom is 0.0894 e. The molecule has 0 aliphatic rings. The lowest BCUT2D eigenvalue weighted by Crippen LogP contribution is -2.36. The summed E-state index contributed by atoms with van der Waals surface area (Å²) in [5, 5.41) is 18.4. The van der Waals surface area contributed by atoms with Crippen LogP contribution in [0, 0.1) is 0 Å².